The van der Waals surface area contributed by atoms with Gasteiger partial charge in [0.25, 0.3) is 0 Å². The first-order valence-corrected chi connectivity index (χ1v) is 16.3. The number of aldehydes is 1. The van der Waals surface area contributed by atoms with Crippen molar-refractivity contribution in [2.75, 3.05) is 0 Å². The van der Waals surface area contributed by atoms with Crippen molar-refractivity contribution in [1.29, 1.82) is 0 Å². The number of hydrogen-bond donors (Lipinski definition) is 0. The van der Waals surface area contributed by atoms with Crippen LogP contribution < -0.4 is 0 Å². The Morgan fingerprint density at radius 2 is 1.00 bits per heavy atom. The molecule has 0 aliphatic carbocycles. The maximum atomic E-state index is 11.2. The van der Waals surface area contributed by atoms with Crippen molar-refractivity contribution < 1.29 is 9.22 Å². The fourth-order valence-corrected chi connectivity index (χ4v) is 9.75. The molecule has 3 heteroatoms. The van der Waals surface area contributed by atoms with Crippen molar-refractivity contribution in [3.8, 4) is 0 Å². The molecule has 0 aliphatic heterocycles. The second kappa shape index (κ2) is 22.1. The lowest BCUT2D eigenvalue weighted by Crippen LogP contribution is -2.41. The van der Waals surface area contributed by atoms with Crippen molar-refractivity contribution >= 4 is 14.6 Å². The molecular weight excluding hydrogens is 384 g/mol. The van der Waals surface area contributed by atoms with E-state index in [1.54, 1.807) is 0 Å². The average molecular weight is 441 g/mol. The summed E-state index contributed by atoms with van der Waals surface area (Å²) in [5.41, 5.74) is 0. The quantitative estimate of drug-likeness (QED) is 0.0848. The molecule has 2 nitrogen and oxygen atoms in total. The van der Waals surface area contributed by atoms with E-state index in [-0.39, 0.29) is 6.10 Å². The predicted octanol–water partition coefficient (Wildman–Crippen LogP) is 9.62. The first-order valence-electron chi connectivity index (χ1n) is 13.8. The van der Waals surface area contributed by atoms with Gasteiger partial charge in [0, 0.05) is 6.42 Å². The molecule has 0 bridgehead atoms. The third-order valence-electron chi connectivity index (χ3n) is 6.52. The van der Waals surface area contributed by atoms with Crippen LogP contribution in [-0.2, 0) is 9.22 Å². The van der Waals surface area contributed by atoms with Crippen molar-refractivity contribution in [2.24, 2.45) is 0 Å². The normalized spacial score (nSPS) is 12.9. The first-order chi connectivity index (χ1) is 14.7. The van der Waals surface area contributed by atoms with Gasteiger partial charge >= 0.3 is 0 Å². The van der Waals surface area contributed by atoms with Gasteiger partial charge < -0.3 is 9.22 Å². The van der Waals surface area contributed by atoms with Crippen molar-refractivity contribution in [2.45, 2.75) is 168 Å². The van der Waals surface area contributed by atoms with Gasteiger partial charge in [-0.1, -0.05) is 130 Å². The lowest BCUT2D eigenvalue weighted by atomic mass is 10.0. The summed E-state index contributed by atoms with van der Waals surface area (Å²) in [5, 5.41) is 0. The molecule has 0 saturated heterocycles. The highest BCUT2D eigenvalue weighted by atomic mass is 28.4. The van der Waals surface area contributed by atoms with Crippen LogP contribution in [0.4, 0.5) is 0 Å². The predicted molar refractivity (Wildman–Crippen MR) is 137 cm³/mol. The van der Waals surface area contributed by atoms with E-state index in [4.69, 9.17) is 4.43 Å². The van der Waals surface area contributed by atoms with Gasteiger partial charge in [-0.25, -0.2) is 0 Å². The van der Waals surface area contributed by atoms with Crippen LogP contribution in [0.3, 0.4) is 0 Å². The molecule has 0 radical (unpaired) electrons. The zero-order valence-corrected chi connectivity index (χ0v) is 22.3. The van der Waals surface area contributed by atoms with Gasteiger partial charge in [-0.2, -0.15) is 0 Å². The molecule has 0 saturated carbocycles. The Morgan fingerprint density at radius 1 is 0.600 bits per heavy atom. The maximum Gasteiger partial charge on any atom is 0.193 e. The lowest BCUT2D eigenvalue weighted by Gasteiger charge is -2.35. The fourth-order valence-electron chi connectivity index (χ4n) is 4.99. The third kappa shape index (κ3) is 16.5. The summed E-state index contributed by atoms with van der Waals surface area (Å²) in [6, 6.07) is 3.80. The summed E-state index contributed by atoms with van der Waals surface area (Å²) in [5.74, 6) is 0. The third-order valence-corrected chi connectivity index (χ3v) is 11.6. The number of rotatable bonds is 24. The molecule has 30 heavy (non-hydrogen) atoms. The maximum absolute atomic E-state index is 11.2. The molecule has 0 aromatic carbocycles. The second-order valence-electron chi connectivity index (χ2n) is 9.61. The highest BCUT2D eigenvalue weighted by molar-refractivity contribution is 6.73. The SMILES string of the molecule is CCCCCCCCCCCCCCC[C@H](CC=O)O[Si](CCC)(CCC)CCC. The highest BCUT2D eigenvalue weighted by Gasteiger charge is 2.34. The summed E-state index contributed by atoms with van der Waals surface area (Å²) in [7, 11) is -1.66. The number of carbonyl (C=O) groups is 1. The van der Waals surface area contributed by atoms with E-state index in [2.05, 4.69) is 27.7 Å². The zero-order valence-electron chi connectivity index (χ0n) is 21.3. The van der Waals surface area contributed by atoms with Gasteiger partial charge in [-0.15, -0.1) is 0 Å². The Kier molecular flexibility index (Phi) is 21.9. The van der Waals surface area contributed by atoms with E-state index >= 15 is 0 Å². The molecular formula is C27H56O2Si. The largest absolute Gasteiger partial charge is 0.413 e. The fraction of sp³-hybridized carbons (Fsp3) is 0.963. The van der Waals surface area contributed by atoms with Crippen molar-refractivity contribution in [3.05, 3.63) is 0 Å². The van der Waals surface area contributed by atoms with Gasteiger partial charge in [0.15, 0.2) is 8.32 Å². The highest BCUT2D eigenvalue weighted by Crippen LogP contribution is 2.30. The summed E-state index contributed by atoms with van der Waals surface area (Å²) in [4.78, 5) is 11.2. The van der Waals surface area contributed by atoms with Gasteiger partial charge in [0.05, 0.1) is 6.10 Å². The van der Waals surface area contributed by atoms with E-state index < -0.39 is 8.32 Å². The molecule has 1 atom stereocenters. The lowest BCUT2D eigenvalue weighted by molar-refractivity contribution is -0.109. The zero-order chi connectivity index (χ0) is 22.3. The molecule has 0 rings (SSSR count). The minimum absolute atomic E-state index is 0.187. The van der Waals surface area contributed by atoms with E-state index in [0.29, 0.717) is 6.42 Å². The monoisotopic (exact) mass is 440 g/mol. The molecule has 0 spiro atoms. The molecule has 180 valence electrons. The number of hydrogen-bond acceptors (Lipinski definition) is 2. The van der Waals surface area contributed by atoms with Crippen LogP contribution in [0, 0.1) is 0 Å². The van der Waals surface area contributed by atoms with E-state index in [9.17, 15) is 4.79 Å². The molecule has 0 fully saturated rings. The minimum atomic E-state index is -1.66. The van der Waals surface area contributed by atoms with Crippen LogP contribution in [0.5, 0.6) is 0 Å². The Labute approximate surface area is 191 Å². The number of carbonyl (C=O) groups excluding carboxylic acids is 1. The summed E-state index contributed by atoms with van der Waals surface area (Å²) in [6.07, 6.45) is 24.7. The van der Waals surface area contributed by atoms with Gasteiger partial charge in [0.2, 0.25) is 0 Å². The minimum Gasteiger partial charge on any atom is -0.413 e. The van der Waals surface area contributed by atoms with Crippen LogP contribution >= 0.6 is 0 Å². The van der Waals surface area contributed by atoms with E-state index in [0.717, 1.165) is 12.7 Å². The molecule has 0 heterocycles. The Hall–Kier alpha value is -0.153. The standard InChI is InChI=1S/C27H56O2Si/c1-5-9-10-11-12-13-14-15-16-17-18-19-20-21-27(22-23-28)29-30(24-6-2,25-7-3)26-8-4/h23,27H,5-22,24-26H2,1-4H3/t27-/m1/s1. The van der Waals surface area contributed by atoms with Crippen molar-refractivity contribution in [1.82, 2.24) is 0 Å². The number of unbranched alkanes of at least 4 members (excludes halogenated alkanes) is 12. The molecule has 0 aromatic heterocycles. The molecule has 0 N–H and O–H groups in total. The molecule has 0 aromatic rings. The molecule has 0 aliphatic rings. The van der Waals surface area contributed by atoms with Crippen LogP contribution in [0.15, 0.2) is 0 Å². The second-order valence-corrected chi connectivity index (χ2v) is 13.7. The molecule has 0 amide bonds. The summed E-state index contributed by atoms with van der Waals surface area (Å²) in [6.45, 7) is 9.16. The Balaban J connectivity index is 3.98. The Morgan fingerprint density at radius 3 is 1.37 bits per heavy atom. The first kappa shape index (κ1) is 29.8. The average Bonchev–Trinajstić information content (AvgIpc) is 2.72. The van der Waals surface area contributed by atoms with Crippen LogP contribution in [0.25, 0.3) is 0 Å². The van der Waals surface area contributed by atoms with Gasteiger partial charge in [-0.05, 0) is 24.6 Å². The topological polar surface area (TPSA) is 26.3 Å². The van der Waals surface area contributed by atoms with Gasteiger partial charge in [-0.3, -0.25) is 0 Å². The van der Waals surface area contributed by atoms with Crippen LogP contribution in [-0.4, -0.2) is 20.7 Å². The van der Waals surface area contributed by atoms with Gasteiger partial charge in [0.1, 0.15) is 6.29 Å². The van der Waals surface area contributed by atoms with E-state index in [1.807, 2.05) is 0 Å². The summed E-state index contributed by atoms with van der Waals surface area (Å²) < 4.78 is 6.81. The summed E-state index contributed by atoms with van der Waals surface area (Å²) >= 11 is 0. The van der Waals surface area contributed by atoms with Crippen molar-refractivity contribution in [3.63, 3.8) is 0 Å². The Bertz CT molecular complexity index is 342. The van der Waals surface area contributed by atoms with Crippen LogP contribution in [0.2, 0.25) is 18.1 Å². The van der Waals surface area contributed by atoms with Crippen LogP contribution in [0.1, 0.15) is 143 Å². The molecule has 0 unspecified atom stereocenters. The van der Waals surface area contributed by atoms with E-state index in [1.165, 1.54) is 121 Å². The smallest absolute Gasteiger partial charge is 0.193 e.